The van der Waals surface area contributed by atoms with E-state index < -0.39 is 10.0 Å². The Morgan fingerprint density at radius 2 is 1.76 bits per heavy atom. The summed E-state index contributed by atoms with van der Waals surface area (Å²) < 4.78 is 39.9. The molecule has 0 fully saturated rings. The number of aromatic nitrogens is 1. The van der Waals surface area contributed by atoms with Crippen LogP contribution in [0.25, 0.3) is 10.9 Å². The predicted octanol–water partition coefficient (Wildman–Crippen LogP) is 2.64. The summed E-state index contributed by atoms with van der Waals surface area (Å²) >= 11 is 0. The predicted molar refractivity (Wildman–Crippen MR) is 96.7 cm³/mol. The molecular formula is C18H20N2O4S. The van der Waals surface area contributed by atoms with Gasteiger partial charge in [0.25, 0.3) is 0 Å². The number of methoxy groups -OCH3 is 2. The maximum atomic E-state index is 12.5. The van der Waals surface area contributed by atoms with Gasteiger partial charge in [-0.1, -0.05) is 18.2 Å². The molecule has 0 atom stereocenters. The molecule has 0 aliphatic heterocycles. The monoisotopic (exact) mass is 360 g/mol. The summed E-state index contributed by atoms with van der Waals surface area (Å²) in [5.41, 5.74) is 1.08. The first-order valence-corrected chi connectivity index (χ1v) is 9.29. The zero-order valence-electron chi connectivity index (χ0n) is 14.1. The quantitative estimate of drug-likeness (QED) is 0.703. The standard InChI is InChI=1S/C18H20N2O4S/c1-23-17-8-7-15(13-18(17)24-2)25(21,22)19-10-12-20-11-9-14-5-3-4-6-16(14)20/h3-9,11,13,19H,10,12H2,1-2H3. The van der Waals surface area contributed by atoms with Gasteiger partial charge in [0.2, 0.25) is 10.0 Å². The number of ether oxygens (including phenoxy) is 2. The van der Waals surface area contributed by atoms with Crippen LogP contribution in [0.1, 0.15) is 0 Å². The van der Waals surface area contributed by atoms with Crippen molar-refractivity contribution in [1.29, 1.82) is 0 Å². The highest BCUT2D eigenvalue weighted by molar-refractivity contribution is 7.89. The molecule has 2 aromatic carbocycles. The van der Waals surface area contributed by atoms with Crippen molar-refractivity contribution in [3.05, 3.63) is 54.7 Å². The molecule has 0 saturated heterocycles. The first kappa shape index (κ1) is 17.3. The van der Waals surface area contributed by atoms with Gasteiger partial charge in [-0.3, -0.25) is 0 Å². The molecule has 0 unspecified atom stereocenters. The molecule has 6 nitrogen and oxygen atoms in total. The Hall–Kier alpha value is -2.51. The molecule has 0 amide bonds. The number of hydrogen-bond donors (Lipinski definition) is 1. The van der Waals surface area contributed by atoms with Gasteiger partial charge in [0, 0.05) is 30.9 Å². The smallest absolute Gasteiger partial charge is 0.240 e. The summed E-state index contributed by atoms with van der Waals surface area (Å²) in [6.07, 6.45) is 1.95. The van der Waals surface area contributed by atoms with Crippen molar-refractivity contribution < 1.29 is 17.9 Å². The normalized spacial score (nSPS) is 11.6. The van der Waals surface area contributed by atoms with Gasteiger partial charge in [-0.15, -0.1) is 0 Å². The van der Waals surface area contributed by atoms with Gasteiger partial charge in [0.05, 0.1) is 19.1 Å². The van der Waals surface area contributed by atoms with Gasteiger partial charge < -0.3 is 14.0 Å². The fraction of sp³-hybridized carbons (Fsp3) is 0.222. The molecule has 25 heavy (non-hydrogen) atoms. The van der Waals surface area contributed by atoms with E-state index in [9.17, 15) is 8.42 Å². The minimum Gasteiger partial charge on any atom is -0.493 e. The second kappa shape index (κ2) is 7.16. The lowest BCUT2D eigenvalue weighted by Crippen LogP contribution is -2.27. The van der Waals surface area contributed by atoms with Crippen molar-refractivity contribution in [3.63, 3.8) is 0 Å². The number of rotatable bonds is 7. The number of nitrogens with zero attached hydrogens (tertiary/aromatic N) is 1. The Morgan fingerprint density at radius 3 is 2.52 bits per heavy atom. The Morgan fingerprint density at radius 1 is 1.00 bits per heavy atom. The first-order chi connectivity index (χ1) is 12.0. The largest absolute Gasteiger partial charge is 0.493 e. The van der Waals surface area contributed by atoms with E-state index >= 15 is 0 Å². The van der Waals surface area contributed by atoms with Gasteiger partial charge >= 0.3 is 0 Å². The lowest BCUT2D eigenvalue weighted by atomic mass is 10.2. The number of hydrogen-bond acceptors (Lipinski definition) is 4. The molecule has 0 aliphatic rings. The Balaban J connectivity index is 1.72. The van der Waals surface area contributed by atoms with E-state index in [2.05, 4.69) is 4.72 Å². The topological polar surface area (TPSA) is 69.6 Å². The van der Waals surface area contributed by atoms with Crippen LogP contribution < -0.4 is 14.2 Å². The average molecular weight is 360 g/mol. The molecule has 7 heteroatoms. The minimum atomic E-state index is -3.62. The lowest BCUT2D eigenvalue weighted by molar-refractivity contribution is 0.354. The van der Waals surface area contributed by atoms with Crippen LogP contribution in [0.4, 0.5) is 0 Å². The number of sulfonamides is 1. The molecular weight excluding hydrogens is 340 g/mol. The van der Waals surface area contributed by atoms with Crippen molar-refractivity contribution in [1.82, 2.24) is 9.29 Å². The van der Waals surface area contributed by atoms with E-state index in [0.29, 0.717) is 18.0 Å². The second-order valence-corrected chi connectivity index (χ2v) is 7.25. The molecule has 1 heterocycles. The third-order valence-electron chi connectivity index (χ3n) is 3.99. The summed E-state index contributed by atoms with van der Waals surface area (Å²) in [5, 5.41) is 1.13. The average Bonchev–Trinajstić information content (AvgIpc) is 3.04. The van der Waals surface area contributed by atoms with Crippen LogP contribution in [0, 0.1) is 0 Å². The molecule has 3 rings (SSSR count). The lowest BCUT2D eigenvalue weighted by Gasteiger charge is -2.11. The van der Waals surface area contributed by atoms with E-state index in [4.69, 9.17) is 9.47 Å². The minimum absolute atomic E-state index is 0.141. The van der Waals surface area contributed by atoms with Crippen molar-refractivity contribution in [2.24, 2.45) is 0 Å². The molecule has 0 aliphatic carbocycles. The fourth-order valence-corrected chi connectivity index (χ4v) is 3.74. The van der Waals surface area contributed by atoms with Gasteiger partial charge in [-0.2, -0.15) is 0 Å². The highest BCUT2D eigenvalue weighted by Crippen LogP contribution is 2.29. The number of fused-ring (bicyclic) bond motifs is 1. The molecule has 1 aromatic heterocycles. The van der Waals surface area contributed by atoms with Crippen LogP contribution in [0.3, 0.4) is 0 Å². The van der Waals surface area contributed by atoms with Crippen molar-refractivity contribution >= 4 is 20.9 Å². The highest BCUT2D eigenvalue weighted by atomic mass is 32.2. The molecule has 0 radical (unpaired) electrons. The van der Waals surface area contributed by atoms with Gasteiger partial charge in [0.15, 0.2) is 11.5 Å². The summed E-state index contributed by atoms with van der Waals surface area (Å²) in [7, 11) is -0.647. The van der Waals surface area contributed by atoms with E-state index in [1.165, 1.54) is 26.4 Å². The van der Waals surface area contributed by atoms with Crippen LogP contribution in [0.15, 0.2) is 59.6 Å². The van der Waals surface area contributed by atoms with Gasteiger partial charge in [-0.05, 0) is 29.7 Å². The number of para-hydroxylation sites is 1. The highest BCUT2D eigenvalue weighted by Gasteiger charge is 2.16. The molecule has 3 aromatic rings. The van der Waals surface area contributed by atoms with Crippen LogP contribution in [0.2, 0.25) is 0 Å². The fourth-order valence-electron chi connectivity index (χ4n) is 2.70. The van der Waals surface area contributed by atoms with Crippen LogP contribution in [-0.2, 0) is 16.6 Å². The van der Waals surface area contributed by atoms with Crippen LogP contribution >= 0.6 is 0 Å². The Kier molecular flexibility index (Phi) is 4.96. The molecule has 0 bridgehead atoms. The first-order valence-electron chi connectivity index (χ1n) is 7.81. The summed E-state index contributed by atoms with van der Waals surface area (Å²) in [6.45, 7) is 0.829. The summed E-state index contributed by atoms with van der Waals surface area (Å²) in [6, 6.07) is 14.5. The summed E-state index contributed by atoms with van der Waals surface area (Å²) in [5.74, 6) is 0.863. The van der Waals surface area contributed by atoms with E-state index in [0.717, 1.165) is 10.9 Å². The van der Waals surface area contributed by atoms with Crippen LogP contribution in [-0.4, -0.2) is 33.7 Å². The Labute approximate surface area is 147 Å². The zero-order valence-corrected chi connectivity index (χ0v) is 14.9. The van der Waals surface area contributed by atoms with E-state index in [1.54, 1.807) is 6.07 Å². The third kappa shape index (κ3) is 3.62. The zero-order chi connectivity index (χ0) is 17.9. The van der Waals surface area contributed by atoms with E-state index in [-0.39, 0.29) is 11.4 Å². The maximum Gasteiger partial charge on any atom is 0.240 e. The molecule has 132 valence electrons. The van der Waals surface area contributed by atoms with E-state index in [1.807, 2.05) is 41.1 Å². The molecule has 1 N–H and O–H groups in total. The molecule has 0 spiro atoms. The van der Waals surface area contributed by atoms with Crippen molar-refractivity contribution in [2.75, 3.05) is 20.8 Å². The number of nitrogens with one attached hydrogen (secondary N) is 1. The second-order valence-electron chi connectivity index (χ2n) is 5.48. The Bertz CT molecular complexity index is 980. The maximum absolute atomic E-state index is 12.5. The molecule has 0 saturated carbocycles. The van der Waals surface area contributed by atoms with Gasteiger partial charge in [0.1, 0.15) is 0 Å². The van der Waals surface area contributed by atoms with Gasteiger partial charge in [-0.25, -0.2) is 13.1 Å². The third-order valence-corrected chi connectivity index (χ3v) is 5.45. The number of benzene rings is 2. The summed E-state index contributed by atoms with van der Waals surface area (Å²) in [4.78, 5) is 0.141. The SMILES string of the molecule is COc1ccc(S(=O)(=O)NCCn2ccc3ccccc32)cc1OC. The van der Waals surface area contributed by atoms with Crippen molar-refractivity contribution in [2.45, 2.75) is 11.4 Å². The van der Waals surface area contributed by atoms with Crippen LogP contribution in [0.5, 0.6) is 11.5 Å². The van der Waals surface area contributed by atoms with Crippen molar-refractivity contribution in [3.8, 4) is 11.5 Å².